The van der Waals surface area contributed by atoms with E-state index < -0.39 is 154 Å². The molecule has 2 saturated heterocycles. The van der Waals surface area contributed by atoms with E-state index in [2.05, 4.69) is 31.6 Å². The van der Waals surface area contributed by atoms with Gasteiger partial charge in [0.1, 0.15) is 54.4 Å². The maximum absolute atomic E-state index is 15.6. The molecule has 0 spiro atoms. The predicted octanol–water partition coefficient (Wildman–Crippen LogP) is 4.39. The van der Waals surface area contributed by atoms with Crippen molar-refractivity contribution in [1.29, 1.82) is 0 Å². The number of hydroxylamine groups is 1. The standard InChI is InChI=1S/C69H125N13O13S/c1-25-27-29-47(15)40-69(74-94)68(93)72-50(26-2)61(87)80(23)67(96-37-28-32-82-33-35-95-36-34-82)66(92)78(21)55(45(11)12)59(85)73-54(44(9)10)64(90)75(18)51(31-30-41(3)4)58(84)70-48(16)57(83)71-49(17)60(86)76(19)52(38-42(5)6)62(88)77(20)53(39-43(7)8)63(89)79(22)56(46(13)14)65(91)81(69)24/h25,27,41-56,67,74,94H,26,28-40H2,1-24H3,(H,70,84)(H,71,83)(H,72,93)(H,73,85)/b27-25+/t47-,48-,49+,50+,51-,52+,53-,54-,55+,56+,67-,69+/m1/s1. The summed E-state index contributed by atoms with van der Waals surface area (Å²) in [5.74, 6) is -9.65. The van der Waals surface area contributed by atoms with Gasteiger partial charge in [-0.05, 0) is 126 Å². The third-order valence-corrected chi connectivity index (χ3v) is 19.9. The molecule has 2 rings (SSSR count). The van der Waals surface area contributed by atoms with Gasteiger partial charge in [-0.3, -0.25) is 57.6 Å². The van der Waals surface area contributed by atoms with Crippen LogP contribution in [0, 0.1) is 41.4 Å². The highest BCUT2D eigenvalue weighted by Gasteiger charge is 2.51. The molecule has 12 atom stereocenters. The van der Waals surface area contributed by atoms with Crippen LogP contribution in [0.15, 0.2) is 12.2 Å². The third kappa shape index (κ3) is 23.7. The molecule has 0 aromatic rings. The van der Waals surface area contributed by atoms with Crippen LogP contribution in [-0.4, -0.2) is 263 Å². The Morgan fingerprint density at radius 3 is 1.57 bits per heavy atom. The molecule has 26 nitrogen and oxygen atoms in total. The van der Waals surface area contributed by atoms with E-state index in [1.165, 1.54) is 104 Å². The second-order valence-corrected chi connectivity index (χ2v) is 30.2. The first-order valence-corrected chi connectivity index (χ1v) is 35.8. The Hall–Kier alpha value is -5.90. The summed E-state index contributed by atoms with van der Waals surface area (Å²) in [6.45, 7) is 33.3. The summed E-state index contributed by atoms with van der Waals surface area (Å²) in [5.41, 5.74) is -0.104. The van der Waals surface area contributed by atoms with E-state index in [1.807, 2.05) is 67.5 Å². The molecule has 0 aliphatic carbocycles. The summed E-state index contributed by atoms with van der Waals surface area (Å²) in [7, 11) is 10.0. The topological polar surface area (TPSA) is 303 Å². The summed E-state index contributed by atoms with van der Waals surface area (Å²) in [4.78, 5) is 176. The number of morpholine rings is 1. The SMILES string of the molecule is C/C=C/C[C@@H](C)C[C@@]1(NO)C(=O)N[C@@H](CC)C(=O)N(C)[C@H](SCCCN2CCOCC2)C(=O)N(C)[C@@H](C(C)C)C(=O)N[C@H](C(C)C)C(=O)N(C)[C@H](CCC(C)C)C(=O)N[C@H](C)C(=O)N[C@@H](C)C(=O)N(C)[C@@H](CC(C)C)C(=O)N(C)[C@H](CC(C)C)C(=O)N(C)[C@@H](C(C)C)C(=O)N1C. The average Bonchev–Trinajstić information content (AvgIpc) is 0.782. The molecule has 96 heavy (non-hydrogen) atoms. The van der Waals surface area contributed by atoms with Gasteiger partial charge in [-0.15, -0.1) is 11.8 Å². The predicted molar refractivity (Wildman–Crippen MR) is 374 cm³/mol. The van der Waals surface area contributed by atoms with Gasteiger partial charge in [-0.25, -0.2) is 0 Å². The normalized spacial score (nSPS) is 27.6. The second-order valence-electron chi connectivity index (χ2n) is 29.0. The van der Waals surface area contributed by atoms with Crippen LogP contribution in [0.25, 0.3) is 0 Å². The molecule has 0 bridgehead atoms. The van der Waals surface area contributed by atoms with Gasteiger partial charge in [0, 0.05) is 62.4 Å². The fraction of sp³-hybridized carbons (Fsp3) is 0.812. The number of allylic oxidation sites excluding steroid dienone is 2. The molecular formula is C69H125N13O13S. The van der Waals surface area contributed by atoms with Crippen LogP contribution in [0.4, 0.5) is 0 Å². The Balaban J connectivity index is 3.12. The van der Waals surface area contributed by atoms with E-state index in [0.717, 1.165) is 18.0 Å². The average molecular weight is 1380 g/mol. The van der Waals surface area contributed by atoms with Crippen LogP contribution in [0.1, 0.15) is 169 Å². The Bertz CT molecular complexity index is 2620. The molecule has 2 aliphatic heterocycles. The van der Waals surface area contributed by atoms with Gasteiger partial charge in [-0.2, -0.15) is 5.48 Å². The quantitative estimate of drug-likeness (QED) is 0.0528. The number of nitrogens with one attached hydrogen (secondary N) is 5. The van der Waals surface area contributed by atoms with Gasteiger partial charge in [0.05, 0.1) is 13.2 Å². The Morgan fingerprint density at radius 2 is 1.08 bits per heavy atom. The highest BCUT2D eigenvalue weighted by molar-refractivity contribution is 8.00. The molecule has 550 valence electrons. The molecule has 2 heterocycles. The summed E-state index contributed by atoms with van der Waals surface area (Å²) < 4.78 is 5.56. The molecule has 11 amide bonds. The maximum Gasteiger partial charge on any atom is 0.263 e. The summed E-state index contributed by atoms with van der Waals surface area (Å²) in [5, 5.41) is 21.5. The first-order chi connectivity index (χ1) is 44.7. The van der Waals surface area contributed by atoms with E-state index in [0.29, 0.717) is 44.8 Å². The largest absolute Gasteiger partial charge is 0.379 e. The van der Waals surface area contributed by atoms with Crippen LogP contribution < -0.4 is 26.7 Å². The Morgan fingerprint density at radius 1 is 0.573 bits per heavy atom. The number of likely N-dealkylation sites (N-methyl/N-ethyl adjacent to an activating group) is 7. The number of rotatable bonds is 21. The number of ether oxygens (including phenoxy) is 1. The zero-order valence-corrected chi connectivity index (χ0v) is 63.5. The van der Waals surface area contributed by atoms with E-state index in [4.69, 9.17) is 4.74 Å². The molecule has 0 radical (unpaired) electrons. The lowest BCUT2D eigenvalue weighted by atomic mass is 9.89. The van der Waals surface area contributed by atoms with Crippen molar-refractivity contribution in [3.8, 4) is 0 Å². The molecule has 2 aliphatic rings. The van der Waals surface area contributed by atoms with Gasteiger partial charge in [0.2, 0.25) is 53.2 Å². The molecule has 0 saturated carbocycles. The number of thioether (sulfide) groups is 1. The summed E-state index contributed by atoms with van der Waals surface area (Å²) >= 11 is 1.18. The van der Waals surface area contributed by atoms with Crippen molar-refractivity contribution in [3.05, 3.63) is 12.2 Å². The Kier molecular flexibility index (Phi) is 36.1. The van der Waals surface area contributed by atoms with Crippen LogP contribution in [0.2, 0.25) is 0 Å². The van der Waals surface area contributed by atoms with Gasteiger partial charge in [0.15, 0.2) is 11.0 Å². The molecule has 0 aromatic carbocycles. The summed E-state index contributed by atoms with van der Waals surface area (Å²) in [6.07, 6.45) is 5.42. The minimum absolute atomic E-state index is 0.0267. The first-order valence-electron chi connectivity index (χ1n) is 34.7. The number of carbonyl (C=O) groups excluding carboxylic acids is 11. The van der Waals surface area contributed by atoms with Crippen LogP contribution in [-0.2, 0) is 57.5 Å². The lowest BCUT2D eigenvalue weighted by Gasteiger charge is -2.45. The van der Waals surface area contributed by atoms with Gasteiger partial charge < -0.3 is 65.5 Å². The highest BCUT2D eigenvalue weighted by atomic mass is 32.2. The Labute approximate surface area is 578 Å². The number of hydrogen-bond acceptors (Lipinski definition) is 16. The molecule has 27 heteroatoms. The minimum Gasteiger partial charge on any atom is -0.379 e. The van der Waals surface area contributed by atoms with Crippen molar-refractivity contribution in [2.24, 2.45) is 41.4 Å². The van der Waals surface area contributed by atoms with Crippen molar-refractivity contribution in [1.82, 2.24) is 65.9 Å². The summed E-state index contributed by atoms with van der Waals surface area (Å²) in [6, 6.07) is -11.1. The molecule has 0 unspecified atom stereocenters. The lowest BCUT2D eigenvalue weighted by molar-refractivity contribution is -0.166. The van der Waals surface area contributed by atoms with Crippen molar-refractivity contribution >= 4 is 76.7 Å². The minimum atomic E-state index is -2.30. The molecular weight excluding hydrogens is 1250 g/mol. The van der Waals surface area contributed by atoms with Gasteiger partial charge in [0.25, 0.3) is 11.8 Å². The highest BCUT2D eigenvalue weighted by Crippen LogP contribution is 2.30. The van der Waals surface area contributed by atoms with Crippen LogP contribution in [0.3, 0.4) is 0 Å². The van der Waals surface area contributed by atoms with Crippen molar-refractivity contribution in [2.75, 3.05) is 87.9 Å². The third-order valence-electron chi connectivity index (χ3n) is 18.6. The zero-order valence-electron chi connectivity index (χ0n) is 62.7. The second kappa shape index (κ2) is 40.2. The van der Waals surface area contributed by atoms with E-state index in [-0.39, 0.29) is 49.9 Å². The monoisotopic (exact) mass is 1380 g/mol. The van der Waals surface area contributed by atoms with E-state index >= 15 is 28.8 Å². The molecule has 6 N–H and O–H groups in total. The van der Waals surface area contributed by atoms with Crippen LogP contribution in [0.5, 0.6) is 0 Å². The van der Waals surface area contributed by atoms with Crippen molar-refractivity contribution in [3.63, 3.8) is 0 Å². The first kappa shape index (κ1) is 86.2. The zero-order chi connectivity index (χ0) is 73.5. The van der Waals surface area contributed by atoms with Crippen molar-refractivity contribution in [2.45, 2.75) is 234 Å². The number of amides is 11. The van der Waals surface area contributed by atoms with Crippen molar-refractivity contribution < 1.29 is 62.7 Å². The van der Waals surface area contributed by atoms with Crippen LogP contribution >= 0.6 is 11.8 Å². The fourth-order valence-corrected chi connectivity index (χ4v) is 13.7. The van der Waals surface area contributed by atoms with Gasteiger partial charge >= 0.3 is 0 Å². The molecule has 2 fully saturated rings. The fourth-order valence-electron chi connectivity index (χ4n) is 12.5. The molecule has 0 aromatic heterocycles. The van der Waals surface area contributed by atoms with E-state index in [1.54, 1.807) is 48.5 Å². The number of nitrogens with zero attached hydrogens (tertiary/aromatic N) is 8. The smallest absolute Gasteiger partial charge is 0.263 e. The number of carbonyl (C=O) groups is 11. The van der Waals surface area contributed by atoms with Gasteiger partial charge in [-0.1, -0.05) is 109 Å². The van der Waals surface area contributed by atoms with E-state index in [9.17, 15) is 29.2 Å². The number of hydrogen-bond donors (Lipinski definition) is 6. The lowest BCUT2D eigenvalue weighted by Crippen LogP contribution is -2.71. The maximum atomic E-state index is 15.6.